The van der Waals surface area contributed by atoms with E-state index in [0.717, 1.165) is 38.0 Å². The SMILES string of the molecule is CCc1cccc(CC)c1Nc1cnc(C(=O)N2CCCC(C)C2)cn1. The molecule has 1 fully saturated rings. The lowest BCUT2D eigenvalue weighted by atomic mass is 10.0. The highest BCUT2D eigenvalue weighted by Crippen LogP contribution is 2.25. The first-order valence-corrected chi connectivity index (χ1v) is 9.61. The first kappa shape index (κ1) is 18.4. The van der Waals surface area contributed by atoms with Gasteiger partial charge in [0.05, 0.1) is 12.4 Å². The number of rotatable bonds is 5. The highest BCUT2D eigenvalue weighted by molar-refractivity contribution is 5.92. The normalized spacial score (nSPS) is 17.2. The number of nitrogens with zero attached hydrogens (tertiary/aromatic N) is 3. The molecule has 1 amide bonds. The summed E-state index contributed by atoms with van der Waals surface area (Å²) < 4.78 is 0. The van der Waals surface area contributed by atoms with Crippen LogP contribution in [0.4, 0.5) is 11.5 Å². The maximum Gasteiger partial charge on any atom is 0.274 e. The van der Waals surface area contributed by atoms with E-state index in [1.54, 1.807) is 12.4 Å². The van der Waals surface area contributed by atoms with Gasteiger partial charge in [-0.15, -0.1) is 0 Å². The quantitative estimate of drug-likeness (QED) is 0.875. The Hall–Kier alpha value is -2.43. The van der Waals surface area contributed by atoms with Crippen LogP contribution in [-0.2, 0) is 12.8 Å². The zero-order valence-electron chi connectivity index (χ0n) is 16.0. The van der Waals surface area contributed by atoms with Gasteiger partial charge in [0.25, 0.3) is 5.91 Å². The summed E-state index contributed by atoms with van der Waals surface area (Å²) in [4.78, 5) is 23.3. The second kappa shape index (κ2) is 8.30. The molecule has 3 rings (SSSR count). The van der Waals surface area contributed by atoms with Crippen LogP contribution >= 0.6 is 0 Å². The van der Waals surface area contributed by atoms with Crippen LogP contribution in [0.3, 0.4) is 0 Å². The Bertz CT molecular complexity index is 735. The highest BCUT2D eigenvalue weighted by atomic mass is 16.2. The number of carbonyl (C=O) groups excluding carboxylic acids is 1. The Kier molecular flexibility index (Phi) is 5.86. The van der Waals surface area contributed by atoms with E-state index in [1.165, 1.54) is 17.5 Å². The van der Waals surface area contributed by atoms with Crippen LogP contribution in [0, 0.1) is 5.92 Å². The molecule has 0 saturated carbocycles. The van der Waals surface area contributed by atoms with Gasteiger partial charge in [0, 0.05) is 18.8 Å². The zero-order chi connectivity index (χ0) is 18.5. The van der Waals surface area contributed by atoms with Crippen molar-refractivity contribution in [1.82, 2.24) is 14.9 Å². The van der Waals surface area contributed by atoms with Crippen LogP contribution in [0.5, 0.6) is 0 Å². The third kappa shape index (κ3) is 4.03. The summed E-state index contributed by atoms with van der Waals surface area (Å²) in [7, 11) is 0. The van der Waals surface area contributed by atoms with E-state index in [4.69, 9.17) is 0 Å². The summed E-state index contributed by atoms with van der Waals surface area (Å²) in [6.07, 6.45) is 7.40. The summed E-state index contributed by atoms with van der Waals surface area (Å²) in [6, 6.07) is 6.35. The molecular weight excluding hydrogens is 324 g/mol. The minimum absolute atomic E-state index is 0.0150. The number of nitrogens with one attached hydrogen (secondary N) is 1. The third-order valence-corrected chi connectivity index (χ3v) is 5.07. The molecule has 1 atom stereocenters. The minimum atomic E-state index is -0.0150. The summed E-state index contributed by atoms with van der Waals surface area (Å²) in [6.45, 7) is 8.10. The number of amides is 1. The number of benzene rings is 1. The molecule has 1 aliphatic heterocycles. The fraction of sp³-hybridized carbons (Fsp3) is 0.476. The van der Waals surface area contributed by atoms with Gasteiger partial charge in [-0.3, -0.25) is 4.79 Å². The van der Waals surface area contributed by atoms with Crippen molar-refractivity contribution in [2.75, 3.05) is 18.4 Å². The van der Waals surface area contributed by atoms with Crippen LogP contribution in [0.15, 0.2) is 30.6 Å². The predicted octanol–water partition coefficient (Wildman–Crippen LogP) is 4.22. The molecule has 5 heteroatoms. The maximum absolute atomic E-state index is 12.6. The van der Waals surface area contributed by atoms with E-state index < -0.39 is 0 Å². The van der Waals surface area contributed by atoms with Crippen LogP contribution in [0.2, 0.25) is 0 Å². The molecule has 2 heterocycles. The average Bonchev–Trinajstić information content (AvgIpc) is 2.68. The van der Waals surface area contributed by atoms with Gasteiger partial charge in [0.1, 0.15) is 11.5 Å². The number of hydrogen-bond acceptors (Lipinski definition) is 4. The van der Waals surface area contributed by atoms with Crippen molar-refractivity contribution in [3.8, 4) is 0 Å². The molecule has 5 nitrogen and oxygen atoms in total. The van der Waals surface area contributed by atoms with Crippen LogP contribution < -0.4 is 5.32 Å². The van der Waals surface area contributed by atoms with Crippen LogP contribution in [-0.4, -0.2) is 33.9 Å². The van der Waals surface area contributed by atoms with E-state index in [1.807, 2.05) is 4.90 Å². The lowest BCUT2D eigenvalue weighted by molar-refractivity contribution is 0.0676. The van der Waals surface area contributed by atoms with Gasteiger partial charge in [0.2, 0.25) is 0 Å². The Balaban J connectivity index is 1.75. The van der Waals surface area contributed by atoms with E-state index in [2.05, 4.69) is 54.3 Å². The molecule has 0 radical (unpaired) electrons. The molecule has 2 aromatic rings. The minimum Gasteiger partial charge on any atom is -0.338 e. The van der Waals surface area contributed by atoms with Crippen molar-refractivity contribution >= 4 is 17.4 Å². The van der Waals surface area contributed by atoms with E-state index in [9.17, 15) is 4.79 Å². The van der Waals surface area contributed by atoms with E-state index in [-0.39, 0.29) is 5.91 Å². The lowest BCUT2D eigenvalue weighted by Crippen LogP contribution is -2.39. The second-order valence-electron chi connectivity index (χ2n) is 7.07. The molecule has 0 bridgehead atoms. The number of para-hydroxylation sites is 1. The standard InChI is InChI=1S/C21H28N4O/c1-4-16-9-6-10-17(5-2)20(16)24-19-13-22-18(12-23-19)21(26)25-11-7-8-15(3)14-25/h6,9-10,12-13,15H,4-5,7-8,11,14H2,1-3H3,(H,23,24). The molecule has 0 aliphatic carbocycles. The number of carbonyl (C=O) groups is 1. The summed E-state index contributed by atoms with van der Waals surface area (Å²) in [5.41, 5.74) is 4.04. The Morgan fingerprint density at radius 3 is 2.50 bits per heavy atom. The summed E-state index contributed by atoms with van der Waals surface area (Å²) in [5.74, 6) is 1.21. The number of anilines is 2. The molecule has 0 spiro atoms. The van der Waals surface area contributed by atoms with Gasteiger partial charge in [0.15, 0.2) is 0 Å². The monoisotopic (exact) mass is 352 g/mol. The third-order valence-electron chi connectivity index (χ3n) is 5.07. The number of hydrogen-bond donors (Lipinski definition) is 1. The molecule has 1 N–H and O–H groups in total. The van der Waals surface area contributed by atoms with Gasteiger partial charge in [-0.2, -0.15) is 0 Å². The van der Waals surface area contributed by atoms with Crippen molar-refractivity contribution < 1.29 is 4.79 Å². The maximum atomic E-state index is 12.6. The zero-order valence-corrected chi connectivity index (χ0v) is 16.0. The van der Waals surface area contributed by atoms with Crippen molar-refractivity contribution in [1.29, 1.82) is 0 Å². The highest BCUT2D eigenvalue weighted by Gasteiger charge is 2.23. The Labute approximate surface area is 155 Å². The molecule has 1 aliphatic rings. The topological polar surface area (TPSA) is 58.1 Å². The number of piperidine rings is 1. The van der Waals surface area contributed by atoms with Crippen LogP contribution in [0.1, 0.15) is 55.2 Å². The van der Waals surface area contributed by atoms with Crippen molar-refractivity contribution in [3.05, 3.63) is 47.4 Å². The van der Waals surface area contributed by atoms with E-state index in [0.29, 0.717) is 17.4 Å². The fourth-order valence-corrected chi connectivity index (χ4v) is 3.57. The van der Waals surface area contributed by atoms with E-state index >= 15 is 0 Å². The van der Waals surface area contributed by atoms with Crippen molar-refractivity contribution in [3.63, 3.8) is 0 Å². The van der Waals surface area contributed by atoms with Crippen molar-refractivity contribution in [2.24, 2.45) is 5.92 Å². The number of aryl methyl sites for hydroxylation is 2. The average molecular weight is 352 g/mol. The van der Waals surface area contributed by atoms with Gasteiger partial charge < -0.3 is 10.2 Å². The second-order valence-corrected chi connectivity index (χ2v) is 7.07. The molecule has 1 aromatic carbocycles. The molecule has 1 unspecified atom stereocenters. The summed E-state index contributed by atoms with van der Waals surface area (Å²) >= 11 is 0. The molecular formula is C21H28N4O. The Morgan fingerprint density at radius 1 is 1.19 bits per heavy atom. The van der Waals surface area contributed by atoms with Gasteiger partial charge in [-0.1, -0.05) is 39.0 Å². The predicted molar refractivity (Wildman–Crippen MR) is 105 cm³/mol. The molecule has 1 aromatic heterocycles. The fourth-order valence-electron chi connectivity index (χ4n) is 3.57. The van der Waals surface area contributed by atoms with Gasteiger partial charge in [-0.05, 0) is 42.7 Å². The van der Waals surface area contributed by atoms with Gasteiger partial charge >= 0.3 is 0 Å². The van der Waals surface area contributed by atoms with Crippen LogP contribution in [0.25, 0.3) is 0 Å². The molecule has 1 saturated heterocycles. The Morgan fingerprint density at radius 2 is 1.92 bits per heavy atom. The lowest BCUT2D eigenvalue weighted by Gasteiger charge is -2.30. The number of aromatic nitrogens is 2. The first-order valence-electron chi connectivity index (χ1n) is 9.61. The van der Waals surface area contributed by atoms with Gasteiger partial charge in [-0.25, -0.2) is 9.97 Å². The van der Waals surface area contributed by atoms with Crippen molar-refractivity contribution in [2.45, 2.75) is 46.5 Å². The molecule has 26 heavy (non-hydrogen) atoms. The largest absolute Gasteiger partial charge is 0.338 e. The molecule has 138 valence electrons. The summed E-state index contributed by atoms with van der Waals surface area (Å²) in [5, 5.41) is 3.40. The number of likely N-dealkylation sites (tertiary alicyclic amines) is 1. The smallest absolute Gasteiger partial charge is 0.274 e. The first-order chi connectivity index (χ1) is 12.6.